The Morgan fingerprint density at radius 2 is 1.95 bits per heavy atom. The third kappa shape index (κ3) is 4.28. The van der Waals surface area contributed by atoms with E-state index in [-0.39, 0.29) is 12.4 Å². The van der Waals surface area contributed by atoms with E-state index < -0.39 is 5.97 Å². The highest BCUT2D eigenvalue weighted by atomic mass is 16.6. The third-order valence-electron chi connectivity index (χ3n) is 2.46. The summed E-state index contributed by atoms with van der Waals surface area (Å²) >= 11 is 0. The van der Waals surface area contributed by atoms with E-state index in [2.05, 4.69) is 0 Å². The fourth-order valence-electron chi connectivity index (χ4n) is 1.53. The highest BCUT2D eigenvalue weighted by molar-refractivity contribution is 5.98. The minimum atomic E-state index is -0.435. The third-order valence-corrected chi connectivity index (χ3v) is 2.46. The zero-order valence-corrected chi connectivity index (χ0v) is 11.4. The molecule has 0 aromatic heterocycles. The first-order chi connectivity index (χ1) is 9.12. The van der Waals surface area contributed by atoms with Crippen LogP contribution in [0.3, 0.4) is 0 Å². The van der Waals surface area contributed by atoms with Gasteiger partial charge in [-0.2, -0.15) is 0 Å². The van der Waals surface area contributed by atoms with Crippen LogP contribution in [-0.4, -0.2) is 32.1 Å². The largest absolute Gasteiger partial charge is 0.496 e. The summed E-state index contributed by atoms with van der Waals surface area (Å²) in [6.45, 7) is 3.66. The molecule has 0 aliphatic carbocycles. The maximum atomic E-state index is 11.7. The number of methoxy groups -OCH3 is 1. The van der Waals surface area contributed by atoms with Crippen LogP contribution in [-0.2, 0) is 9.53 Å². The molecule has 0 fully saturated rings. The van der Waals surface area contributed by atoms with Gasteiger partial charge in [-0.15, -0.1) is 0 Å². The van der Waals surface area contributed by atoms with Gasteiger partial charge in [0, 0.05) is 12.5 Å². The van der Waals surface area contributed by atoms with Crippen LogP contribution in [0.5, 0.6) is 11.5 Å². The van der Waals surface area contributed by atoms with E-state index in [1.54, 1.807) is 32.0 Å². The molecule has 0 saturated heterocycles. The number of esters is 1. The molecule has 1 rings (SSSR count). The predicted molar refractivity (Wildman–Crippen MR) is 69.7 cm³/mol. The van der Waals surface area contributed by atoms with Crippen LogP contribution in [0.1, 0.15) is 30.6 Å². The molecule has 5 nitrogen and oxygen atoms in total. The van der Waals surface area contributed by atoms with Crippen molar-refractivity contribution >= 4 is 11.8 Å². The highest BCUT2D eigenvalue weighted by Gasteiger charge is 2.12. The lowest BCUT2D eigenvalue weighted by Gasteiger charge is -2.10. The van der Waals surface area contributed by atoms with Gasteiger partial charge in [0.2, 0.25) is 0 Å². The van der Waals surface area contributed by atoms with E-state index in [4.69, 9.17) is 14.2 Å². The van der Waals surface area contributed by atoms with Crippen molar-refractivity contribution in [3.63, 3.8) is 0 Å². The number of carbonyl (C=O) groups is 2. The minimum Gasteiger partial charge on any atom is -0.496 e. The Balaban J connectivity index is 2.77. The number of benzene rings is 1. The molecular weight excluding hydrogens is 248 g/mol. The number of ketones is 1. The average molecular weight is 266 g/mol. The van der Waals surface area contributed by atoms with Crippen molar-refractivity contribution in [1.29, 1.82) is 0 Å². The number of hydrogen-bond acceptors (Lipinski definition) is 5. The van der Waals surface area contributed by atoms with Gasteiger partial charge < -0.3 is 14.2 Å². The van der Waals surface area contributed by atoms with E-state index in [0.717, 1.165) is 0 Å². The van der Waals surface area contributed by atoms with Gasteiger partial charge in [-0.3, -0.25) is 4.79 Å². The molecule has 0 N–H and O–H groups in total. The molecule has 0 amide bonds. The van der Waals surface area contributed by atoms with Gasteiger partial charge in [0.15, 0.2) is 12.4 Å². The SMILES string of the molecule is CCOC(=O)COc1ccc(C(=O)CC)c(OC)c1. The maximum absolute atomic E-state index is 11.7. The number of ether oxygens (including phenoxy) is 3. The molecule has 5 heteroatoms. The van der Waals surface area contributed by atoms with Gasteiger partial charge in [0.1, 0.15) is 11.5 Å². The van der Waals surface area contributed by atoms with Crippen LogP contribution in [0, 0.1) is 0 Å². The Hall–Kier alpha value is -2.04. The van der Waals surface area contributed by atoms with Crippen LogP contribution in [0.25, 0.3) is 0 Å². The molecule has 19 heavy (non-hydrogen) atoms. The Labute approximate surface area is 112 Å². The lowest BCUT2D eigenvalue weighted by atomic mass is 10.1. The second kappa shape index (κ2) is 7.41. The van der Waals surface area contributed by atoms with Crippen molar-refractivity contribution in [2.45, 2.75) is 20.3 Å². The number of Topliss-reactive ketones (excluding diaryl/α,β-unsaturated/α-hetero) is 1. The Kier molecular flexibility index (Phi) is 5.85. The van der Waals surface area contributed by atoms with E-state index in [1.165, 1.54) is 7.11 Å². The van der Waals surface area contributed by atoms with Crippen LogP contribution in [0.2, 0.25) is 0 Å². The monoisotopic (exact) mass is 266 g/mol. The van der Waals surface area contributed by atoms with Gasteiger partial charge >= 0.3 is 5.97 Å². The van der Waals surface area contributed by atoms with Gasteiger partial charge in [-0.25, -0.2) is 4.79 Å². The molecule has 0 heterocycles. The summed E-state index contributed by atoms with van der Waals surface area (Å²) in [5, 5.41) is 0. The van der Waals surface area contributed by atoms with Crippen LogP contribution in [0.4, 0.5) is 0 Å². The molecular formula is C14H18O5. The van der Waals surface area contributed by atoms with Gasteiger partial charge in [-0.1, -0.05) is 6.92 Å². The van der Waals surface area contributed by atoms with Crippen molar-refractivity contribution in [2.75, 3.05) is 20.3 Å². The molecule has 0 unspecified atom stereocenters. The smallest absolute Gasteiger partial charge is 0.344 e. The standard InChI is InChI=1S/C14H18O5/c1-4-12(15)11-7-6-10(8-13(11)17-3)19-9-14(16)18-5-2/h6-8H,4-5,9H2,1-3H3. The molecule has 0 aliphatic heterocycles. The van der Waals surface area contributed by atoms with E-state index in [0.29, 0.717) is 30.1 Å². The summed E-state index contributed by atoms with van der Waals surface area (Å²) < 4.78 is 15.2. The molecule has 0 bridgehead atoms. The first-order valence-corrected chi connectivity index (χ1v) is 6.12. The second-order valence-electron chi connectivity index (χ2n) is 3.73. The summed E-state index contributed by atoms with van der Waals surface area (Å²) in [6, 6.07) is 4.85. The molecule has 1 aromatic carbocycles. The van der Waals surface area contributed by atoms with Crippen molar-refractivity contribution < 1.29 is 23.8 Å². The van der Waals surface area contributed by atoms with Crippen molar-refractivity contribution in [3.05, 3.63) is 23.8 Å². The van der Waals surface area contributed by atoms with Crippen molar-refractivity contribution in [1.82, 2.24) is 0 Å². The normalized spacial score (nSPS) is 9.84. The number of rotatable bonds is 7. The van der Waals surface area contributed by atoms with E-state index in [1.807, 2.05) is 0 Å². The summed E-state index contributed by atoms with van der Waals surface area (Å²) in [6.07, 6.45) is 0.402. The van der Waals surface area contributed by atoms with Gasteiger partial charge in [0.05, 0.1) is 19.3 Å². The lowest BCUT2D eigenvalue weighted by molar-refractivity contribution is -0.145. The quantitative estimate of drug-likeness (QED) is 0.559. The highest BCUT2D eigenvalue weighted by Crippen LogP contribution is 2.25. The summed E-state index contributed by atoms with van der Waals surface area (Å²) in [7, 11) is 1.48. The minimum absolute atomic E-state index is 0.00575. The summed E-state index contributed by atoms with van der Waals surface area (Å²) in [4.78, 5) is 22.8. The zero-order valence-electron chi connectivity index (χ0n) is 11.4. The van der Waals surface area contributed by atoms with Crippen LogP contribution < -0.4 is 9.47 Å². The lowest BCUT2D eigenvalue weighted by Crippen LogP contribution is -2.14. The molecule has 0 atom stereocenters. The maximum Gasteiger partial charge on any atom is 0.344 e. The number of carbonyl (C=O) groups excluding carboxylic acids is 2. The predicted octanol–water partition coefficient (Wildman–Crippen LogP) is 2.23. The van der Waals surface area contributed by atoms with Crippen molar-refractivity contribution in [2.24, 2.45) is 0 Å². The van der Waals surface area contributed by atoms with E-state index >= 15 is 0 Å². The fourth-order valence-corrected chi connectivity index (χ4v) is 1.53. The van der Waals surface area contributed by atoms with Gasteiger partial charge in [-0.05, 0) is 19.1 Å². The van der Waals surface area contributed by atoms with Gasteiger partial charge in [0.25, 0.3) is 0 Å². The average Bonchev–Trinajstić information content (AvgIpc) is 2.44. The Morgan fingerprint density at radius 3 is 2.53 bits per heavy atom. The Morgan fingerprint density at radius 1 is 1.21 bits per heavy atom. The topological polar surface area (TPSA) is 61.8 Å². The molecule has 0 spiro atoms. The number of hydrogen-bond donors (Lipinski definition) is 0. The zero-order chi connectivity index (χ0) is 14.3. The second-order valence-corrected chi connectivity index (χ2v) is 3.73. The molecule has 0 saturated carbocycles. The molecule has 0 aliphatic rings. The Bertz CT molecular complexity index is 453. The fraction of sp³-hybridized carbons (Fsp3) is 0.429. The molecule has 1 aromatic rings. The van der Waals surface area contributed by atoms with Crippen molar-refractivity contribution in [3.8, 4) is 11.5 Å². The first-order valence-electron chi connectivity index (χ1n) is 6.12. The van der Waals surface area contributed by atoms with E-state index in [9.17, 15) is 9.59 Å². The molecule has 104 valence electrons. The molecule has 0 radical (unpaired) electrons. The summed E-state index contributed by atoms with van der Waals surface area (Å²) in [5.41, 5.74) is 0.508. The first kappa shape index (κ1) is 15.0. The van der Waals surface area contributed by atoms with Crippen LogP contribution in [0.15, 0.2) is 18.2 Å². The van der Waals surface area contributed by atoms with Crippen LogP contribution >= 0.6 is 0 Å². The summed E-state index contributed by atoms with van der Waals surface area (Å²) in [5.74, 6) is 0.453.